The number of hydrogen-bond acceptors (Lipinski definition) is 3. The second kappa shape index (κ2) is 3.64. The van der Waals surface area contributed by atoms with Crippen molar-refractivity contribution in [3.05, 3.63) is 0 Å². The van der Waals surface area contributed by atoms with Crippen LogP contribution < -0.4 is 5.32 Å². The van der Waals surface area contributed by atoms with E-state index >= 15 is 0 Å². The summed E-state index contributed by atoms with van der Waals surface area (Å²) in [6, 6.07) is -0.233. The van der Waals surface area contributed by atoms with Gasteiger partial charge in [-0.1, -0.05) is 12.8 Å². The van der Waals surface area contributed by atoms with Crippen LogP contribution in [0, 0.1) is 0 Å². The normalized spacial score (nSPS) is 39.5. The molecule has 2 N–H and O–H groups in total. The molecule has 13 heavy (non-hydrogen) atoms. The molecular weight excluding hydrogens is 170 g/mol. The van der Waals surface area contributed by atoms with Gasteiger partial charge in [0.15, 0.2) is 0 Å². The zero-order valence-electron chi connectivity index (χ0n) is 7.53. The maximum Gasteiger partial charge on any atom is 0.323 e. The lowest BCUT2D eigenvalue weighted by Crippen LogP contribution is -2.57. The van der Waals surface area contributed by atoms with Crippen LogP contribution in [-0.4, -0.2) is 35.9 Å². The van der Waals surface area contributed by atoms with Crippen LogP contribution in [0.15, 0.2) is 0 Å². The van der Waals surface area contributed by atoms with Crippen molar-refractivity contribution in [2.45, 2.75) is 43.9 Å². The number of hydrogen-bond donors (Lipinski definition) is 2. The molecule has 74 valence electrons. The first-order chi connectivity index (χ1) is 6.27. The van der Waals surface area contributed by atoms with E-state index in [1.165, 1.54) is 12.8 Å². The lowest BCUT2D eigenvalue weighted by Gasteiger charge is -2.38. The van der Waals surface area contributed by atoms with Crippen LogP contribution in [0.3, 0.4) is 0 Å². The van der Waals surface area contributed by atoms with Crippen molar-refractivity contribution >= 4 is 5.97 Å². The molecule has 3 unspecified atom stereocenters. The Hall–Kier alpha value is -0.610. The van der Waals surface area contributed by atoms with Crippen LogP contribution in [0.2, 0.25) is 0 Å². The number of nitrogens with one attached hydrogen (secondary N) is 1. The summed E-state index contributed by atoms with van der Waals surface area (Å²) in [7, 11) is 0. The van der Waals surface area contributed by atoms with Crippen molar-refractivity contribution < 1.29 is 14.6 Å². The minimum absolute atomic E-state index is 0.254. The summed E-state index contributed by atoms with van der Waals surface area (Å²) >= 11 is 0. The highest BCUT2D eigenvalue weighted by atomic mass is 16.5. The number of carboxylic acid groups (broad SMARTS) is 1. The first-order valence-corrected chi connectivity index (χ1v) is 4.88. The van der Waals surface area contributed by atoms with Crippen molar-refractivity contribution in [2.24, 2.45) is 0 Å². The Bertz CT molecular complexity index is 207. The molecule has 0 aromatic carbocycles. The molecular formula is C9H15NO3. The summed E-state index contributed by atoms with van der Waals surface area (Å²) in [6.07, 6.45) is 4.77. The van der Waals surface area contributed by atoms with Crippen LogP contribution in [0.25, 0.3) is 0 Å². The van der Waals surface area contributed by atoms with Gasteiger partial charge in [0, 0.05) is 6.04 Å². The Morgan fingerprint density at radius 2 is 2.15 bits per heavy atom. The molecule has 4 nitrogen and oxygen atoms in total. The predicted molar refractivity (Wildman–Crippen MR) is 46.6 cm³/mol. The lowest BCUT2D eigenvalue weighted by molar-refractivity contribution is -0.146. The Kier molecular flexibility index (Phi) is 2.51. The molecule has 0 aromatic rings. The van der Waals surface area contributed by atoms with E-state index in [1.807, 2.05) is 0 Å². The molecule has 0 radical (unpaired) electrons. The van der Waals surface area contributed by atoms with Crippen LogP contribution in [0.5, 0.6) is 0 Å². The molecule has 4 heteroatoms. The summed E-state index contributed by atoms with van der Waals surface area (Å²) in [5.74, 6) is -0.802. The average Bonchev–Trinajstić information content (AvgIpc) is 2.17. The number of ether oxygens (including phenoxy) is 1. The third kappa shape index (κ3) is 1.84. The molecule has 0 spiro atoms. The second-order valence-corrected chi connectivity index (χ2v) is 3.82. The number of morpholine rings is 1. The van der Waals surface area contributed by atoms with Gasteiger partial charge in [0.25, 0.3) is 0 Å². The molecule has 0 amide bonds. The molecule has 2 rings (SSSR count). The van der Waals surface area contributed by atoms with Gasteiger partial charge in [-0.2, -0.15) is 0 Å². The standard InChI is InChI=1S/C9H15NO3/c11-9(12)7-5-13-8-4-2-1-3-6(8)10-7/h6-8,10H,1-5H2,(H,11,12). The number of fused-ring (bicyclic) bond motifs is 1. The molecule has 0 aromatic heterocycles. The largest absolute Gasteiger partial charge is 0.480 e. The molecule has 3 atom stereocenters. The average molecular weight is 185 g/mol. The van der Waals surface area contributed by atoms with Gasteiger partial charge in [-0.15, -0.1) is 0 Å². The highest BCUT2D eigenvalue weighted by Crippen LogP contribution is 2.24. The molecule has 1 aliphatic carbocycles. The van der Waals surface area contributed by atoms with E-state index in [4.69, 9.17) is 9.84 Å². The molecule has 2 fully saturated rings. The summed E-state index contributed by atoms with van der Waals surface area (Å²) in [6.45, 7) is 0.316. The van der Waals surface area contributed by atoms with Crippen molar-refractivity contribution in [2.75, 3.05) is 6.61 Å². The van der Waals surface area contributed by atoms with E-state index in [0.717, 1.165) is 12.8 Å². The van der Waals surface area contributed by atoms with E-state index < -0.39 is 12.0 Å². The van der Waals surface area contributed by atoms with E-state index in [1.54, 1.807) is 0 Å². The number of carbonyl (C=O) groups is 1. The molecule has 0 bridgehead atoms. The zero-order valence-corrected chi connectivity index (χ0v) is 7.53. The smallest absolute Gasteiger partial charge is 0.323 e. The lowest BCUT2D eigenvalue weighted by atomic mass is 9.90. The molecule has 2 aliphatic rings. The zero-order chi connectivity index (χ0) is 9.26. The van der Waals surface area contributed by atoms with Gasteiger partial charge in [0.05, 0.1) is 12.7 Å². The maximum absolute atomic E-state index is 10.7. The van der Waals surface area contributed by atoms with E-state index in [9.17, 15) is 4.79 Å². The van der Waals surface area contributed by atoms with E-state index in [2.05, 4.69) is 5.32 Å². The number of carboxylic acids is 1. The van der Waals surface area contributed by atoms with Crippen LogP contribution in [0.1, 0.15) is 25.7 Å². The fraction of sp³-hybridized carbons (Fsp3) is 0.889. The highest BCUT2D eigenvalue weighted by Gasteiger charge is 2.35. The minimum atomic E-state index is -0.802. The van der Waals surface area contributed by atoms with Gasteiger partial charge in [0.1, 0.15) is 6.04 Å². The van der Waals surface area contributed by atoms with Gasteiger partial charge in [-0.25, -0.2) is 0 Å². The molecule has 1 aliphatic heterocycles. The third-order valence-electron chi connectivity index (χ3n) is 2.89. The molecule has 1 heterocycles. The van der Waals surface area contributed by atoms with Gasteiger partial charge >= 0.3 is 5.97 Å². The maximum atomic E-state index is 10.7. The fourth-order valence-corrected chi connectivity index (χ4v) is 2.16. The Labute approximate surface area is 77.3 Å². The van der Waals surface area contributed by atoms with Crippen LogP contribution in [0.4, 0.5) is 0 Å². The van der Waals surface area contributed by atoms with E-state index in [-0.39, 0.29) is 12.1 Å². The Morgan fingerprint density at radius 3 is 2.92 bits per heavy atom. The fourth-order valence-electron chi connectivity index (χ4n) is 2.16. The third-order valence-corrected chi connectivity index (χ3v) is 2.89. The Balaban J connectivity index is 1.95. The summed E-state index contributed by atoms with van der Waals surface area (Å²) in [5, 5.41) is 11.9. The second-order valence-electron chi connectivity index (χ2n) is 3.82. The quantitative estimate of drug-likeness (QED) is 0.619. The van der Waals surface area contributed by atoms with Crippen molar-refractivity contribution in [3.63, 3.8) is 0 Å². The van der Waals surface area contributed by atoms with Gasteiger partial charge < -0.3 is 9.84 Å². The van der Waals surface area contributed by atoms with Crippen LogP contribution in [-0.2, 0) is 9.53 Å². The summed E-state index contributed by atoms with van der Waals surface area (Å²) in [5.41, 5.74) is 0. The van der Waals surface area contributed by atoms with Gasteiger partial charge in [-0.05, 0) is 12.8 Å². The topological polar surface area (TPSA) is 58.6 Å². The van der Waals surface area contributed by atoms with Gasteiger partial charge in [0.2, 0.25) is 0 Å². The molecule has 1 saturated carbocycles. The summed E-state index contributed by atoms with van der Waals surface area (Å²) in [4.78, 5) is 10.7. The first kappa shape index (κ1) is 8.97. The SMILES string of the molecule is O=C(O)C1COC2CCCCC2N1. The predicted octanol–water partition coefficient (Wildman–Crippen LogP) is 0.371. The van der Waals surface area contributed by atoms with Crippen molar-refractivity contribution in [1.82, 2.24) is 5.32 Å². The number of aliphatic carboxylic acids is 1. The highest BCUT2D eigenvalue weighted by molar-refractivity contribution is 5.73. The monoisotopic (exact) mass is 185 g/mol. The van der Waals surface area contributed by atoms with Crippen LogP contribution >= 0.6 is 0 Å². The minimum Gasteiger partial charge on any atom is -0.480 e. The van der Waals surface area contributed by atoms with E-state index in [0.29, 0.717) is 6.61 Å². The molecule has 1 saturated heterocycles. The van der Waals surface area contributed by atoms with Crippen molar-refractivity contribution in [3.8, 4) is 0 Å². The first-order valence-electron chi connectivity index (χ1n) is 4.88. The van der Waals surface area contributed by atoms with Crippen molar-refractivity contribution in [1.29, 1.82) is 0 Å². The summed E-state index contributed by atoms with van der Waals surface area (Å²) < 4.78 is 5.51. The Morgan fingerprint density at radius 1 is 1.38 bits per heavy atom. The van der Waals surface area contributed by atoms with Gasteiger partial charge in [-0.3, -0.25) is 10.1 Å². The number of rotatable bonds is 1.